The minimum Gasteiger partial charge on any atom is -0.390 e. The second-order valence-corrected chi connectivity index (χ2v) is 4.35. The van der Waals surface area contributed by atoms with E-state index in [2.05, 4.69) is 4.99 Å². The minimum atomic E-state index is -4.58. The molecule has 0 bridgehead atoms. The summed E-state index contributed by atoms with van der Waals surface area (Å²) in [6.45, 7) is 0. The summed E-state index contributed by atoms with van der Waals surface area (Å²) in [5.74, 6) is -0.215. The lowest BCUT2D eigenvalue weighted by Crippen LogP contribution is -2.10. The van der Waals surface area contributed by atoms with E-state index in [9.17, 15) is 13.2 Å². The van der Waals surface area contributed by atoms with Crippen LogP contribution in [-0.2, 0) is 6.18 Å². The summed E-state index contributed by atoms with van der Waals surface area (Å²) < 4.78 is 37.6. The standard InChI is InChI=1S/C11H7Cl2F3N4/c12-7-1-5(11(14,15)16)2-8(13)10(7)20-9(19)3-6(18)4-17/h1-3H,18H2,(H2,19,20). The van der Waals surface area contributed by atoms with Gasteiger partial charge in [0.1, 0.15) is 23.3 Å². The number of nitrogens with two attached hydrogens (primary N) is 2. The van der Waals surface area contributed by atoms with Crippen molar-refractivity contribution in [1.29, 1.82) is 5.26 Å². The van der Waals surface area contributed by atoms with Crippen molar-refractivity contribution < 1.29 is 13.2 Å². The maximum Gasteiger partial charge on any atom is 0.416 e. The van der Waals surface area contributed by atoms with Gasteiger partial charge in [0.25, 0.3) is 0 Å². The van der Waals surface area contributed by atoms with E-state index in [4.69, 9.17) is 39.9 Å². The van der Waals surface area contributed by atoms with E-state index in [0.29, 0.717) is 12.1 Å². The monoisotopic (exact) mass is 322 g/mol. The van der Waals surface area contributed by atoms with Gasteiger partial charge in [-0.3, -0.25) is 0 Å². The molecule has 0 aliphatic rings. The summed E-state index contributed by atoms with van der Waals surface area (Å²) in [5.41, 5.74) is 9.30. The van der Waals surface area contributed by atoms with E-state index < -0.39 is 11.7 Å². The second-order valence-electron chi connectivity index (χ2n) is 3.53. The molecule has 4 nitrogen and oxygen atoms in total. The zero-order chi connectivity index (χ0) is 15.5. The summed E-state index contributed by atoms with van der Waals surface area (Å²) in [7, 11) is 0. The first kappa shape index (κ1) is 16.1. The highest BCUT2D eigenvalue weighted by Crippen LogP contribution is 2.39. The molecule has 0 aromatic heterocycles. The summed E-state index contributed by atoms with van der Waals surface area (Å²) in [6, 6.07) is 2.96. The number of nitriles is 1. The largest absolute Gasteiger partial charge is 0.416 e. The van der Waals surface area contributed by atoms with Crippen LogP contribution in [0.15, 0.2) is 28.9 Å². The second kappa shape index (κ2) is 6.03. The maximum absolute atomic E-state index is 12.5. The molecular formula is C11H7Cl2F3N4. The molecule has 0 aliphatic carbocycles. The number of halogens is 5. The van der Waals surface area contributed by atoms with Crippen molar-refractivity contribution in [2.75, 3.05) is 0 Å². The minimum absolute atomic E-state index is 0.138. The molecule has 106 valence electrons. The highest BCUT2D eigenvalue weighted by Gasteiger charge is 2.32. The Balaban J connectivity index is 3.30. The van der Waals surface area contributed by atoms with Gasteiger partial charge in [-0.1, -0.05) is 23.2 Å². The molecule has 0 saturated heterocycles. The van der Waals surface area contributed by atoms with Crippen molar-refractivity contribution in [2.45, 2.75) is 6.18 Å². The topological polar surface area (TPSA) is 88.2 Å². The van der Waals surface area contributed by atoms with E-state index in [1.807, 2.05) is 0 Å². The third-order valence-electron chi connectivity index (χ3n) is 2.02. The Labute approximate surface area is 122 Å². The fourth-order valence-corrected chi connectivity index (χ4v) is 1.76. The number of hydrogen-bond acceptors (Lipinski definition) is 3. The van der Waals surface area contributed by atoms with Gasteiger partial charge >= 0.3 is 6.18 Å². The normalized spacial score (nSPS) is 13.2. The Hall–Kier alpha value is -1.91. The van der Waals surface area contributed by atoms with Crippen molar-refractivity contribution in [3.63, 3.8) is 0 Å². The molecule has 1 rings (SSSR count). The Morgan fingerprint density at radius 2 is 1.75 bits per heavy atom. The molecule has 0 radical (unpaired) electrons. The predicted molar refractivity (Wildman–Crippen MR) is 70.6 cm³/mol. The first-order valence-electron chi connectivity index (χ1n) is 4.93. The molecule has 0 saturated carbocycles. The molecule has 0 aliphatic heterocycles. The molecule has 1 aromatic rings. The molecule has 0 fully saturated rings. The molecule has 0 amide bonds. The van der Waals surface area contributed by atoms with Gasteiger partial charge < -0.3 is 11.5 Å². The van der Waals surface area contributed by atoms with Crippen LogP contribution >= 0.6 is 23.2 Å². The number of allylic oxidation sites excluding steroid dienone is 1. The SMILES string of the molecule is N#CC(N)=CC(N)=Nc1c(Cl)cc(C(F)(F)F)cc1Cl. The Morgan fingerprint density at radius 1 is 1.25 bits per heavy atom. The van der Waals surface area contributed by atoms with Gasteiger partial charge in [-0.15, -0.1) is 0 Å². The van der Waals surface area contributed by atoms with Crippen LogP contribution in [0, 0.1) is 11.3 Å². The Morgan fingerprint density at radius 3 is 2.15 bits per heavy atom. The van der Waals surface area contributed by atoms with Crippen molar-refractivity contribution in [3.8, 4) is 6.07 Å². The van der Waals surface area contributed by atoms with Gasteiger partial charge in [-0.25, -0.2) is 4.99 Å². The van der Waals surface area contributed by atoms with Crippen LogP contribution in [0.5, 0.6) is 0 Å². The number of rotatable bonds is 2. The summed E-state index contributed by atoms with van der Waals surface area (Å²) in [5, 5.41) is 7.81. The van der Waals surface area contributed by atoms with Gasteiger partial charge in [0, 0.05) is 6.08 Å². The number of benzene rings is 1. The van der Waals surface area contributed by atoms with E-state index in [1.165, 1.54) is 0 Å². The summed E-state index contributed by atoms with van der Waals surface area (Å²) in [4.78, 5) is 3.72. The van der Waals surface area contributed by atoms with Crippen LogP contribution in [0.1, 0.15) is 5.56 Å². The number of aliphatic imine (C=N–C) groups is 1. The lowest BCUT2D eigenvalue weighted by molar-refractivity contribution is -0.137. The van der Waals surface area contributed by atoms with Gasteiger partial charge in [0.15, 0.2) is 0 Å². The molecular weight excluding hydrogens is 316 g/mol. The lowest BCUT2D eigenvalue weighted by Gasteiger charge is -2.10. The molecule has 20 heavy (non-hydrogen) atoms. The summed E-state index contributed by atoms with van der Waals surface area (Å²) in [6.07, 6.45) is -3.55. The molecule has 0 spiro atoms. The molecule has 9 heteroatoms. The van der Waals surface area contributed by atoms with Gasteiger partial charge in [-0.2, -0.15) is 18.4 Å². The van der Waals surface area contributed by atoms with Gasteiger partial charge in [-0.05, 0) is 12.1 Å². The molecule has 0 atom stereocenters. The predicted octanol–water partition coefficient (Wildman–Crippen LogP) is 3.37. The zero-order valence-electron chi connectivity index (χ0n) is 9.67. The highest BCUT2D eigenvalue weighted by molar-refractivity contribution is 6.39. The van der Waals surface area contributed by atoms with Gasteiger partial charge in [0.2, 0.25) is 0 Å². The van der Waals surface area contributed by atoms with Crippen LogP contribution in [0.4, 0.5) is 18.9 Å². The molecule has 0 unspecified atom stereocenters. The van der Waals surface area contributed by atoms with Crippen LogP contribution in [0.2, 0.25) is 10.0 Å². The first-order chi connectivity index (χ1) is 9.15. The highest BCUT2D eigenvalue weighted by atomic mass is 35.5. The summed E-state index contributed by atoms with van der Waals surface area (Å²) >= 11 is 11.4. The van der Waals surface area contributed by atoms with Crippen molar-refractivity contribution in [1.82, 2.24) is 0 Å². The van der Waals surface area contributed by atoms with Crippen LogP contribution in [0.25, 0.3) is 0 Å². The molecule has 1 aromatic carbocycles. The molecule has 0 heterocycles. The smallest absolute Gasteiger partial charge is 0.390 e. The van der Waals surface area contributed by atoms with Crippen LogP contribution in [-0.4, -0.2) is 5.84 Å². The number of amidine groups is 1. The van der Waals surface area contributed by atoms with E-state index in [0.717, 1.165) is 6.08 Å². The van der Waals surface area contributed by atoms with E-state index in [-0.39, 0.29) is 27.3 Å². The average Bonchev–Trinajstić information content (AvgIpc) is 2.32. The third-order valence-corrected chi connectivity index (χ3v) is 2.59. The fourth-order valence-electron chi connectivity index (χ4n) is 1.19. The third kappa shape index (κ3) is 4.05. The Kier molecular flexibility index (Phi) is 4.87. The van der Waals surface area contributed by atoms with Crippen molar-refractivity contribution in [2.24, 2.45) is 16.5 Å². The van der Waals surface area contributed by atoms with Gasteiger partial charge in [0.05, 0.1) is 15.6 Å². The lowest BCUT2D eigenvalue weighted by atomic mass is 10.2. The Bertz CT molecular complexity index is 607. The fraction of sp³-hybridized carbons (Fsp3) is 0.0909. The number of alkyl halides is 3. The van der Waals surface area contributed by atoms with Crippen LogP contribution < -0.4 is 11.5 Å². The quantitative estimate of drug-likeness (QED) is 0.497. The van der Waals surface area contributed by atoms with Crippen molar-refractivity contribution >= 4 is 34.7 Å². The van der Waals surface area contributed by atoms with E-state index in [1.54, 1.807) is 6.07 Å². The maximum atomic E-state index is 12.5. The average molecular weight is 323 g/mol. The number of hydrogen-bond donors (Lipinski definition) is 2. The zero-order valence-corrected chi connectivity index (χ0v) is 11.2. The molecule has 4 N–H and O–H groups in total. The number of nitrogens with zero attached hydrogens (tertiary/aromatic N) is 2. The van der Waals surface area contributed by atoms with Crippen LogP contribution in [0.3, 0.4) is 0 Å². The first-order valence-corrected chi connectivity index (χ1v) is 5.68. The van der Waals surface area contributed by atoms with E-state index >= 15 is 0 Å². The van der Waals surface area contributed by atoms with Crippen molar-refractivity contribution in [3.05, 3.63) is 39.5 Å².